The topological polar surface area (TPSA) is 118 Å². The Hall–Kier alpha value is -3.11. The molecule has 142 valence electrons. The van der Waals surface area contributed by atoms with Crippen molar-refractivity contribution in [1.29, 1.82) is 0 Å². The average molecular weight is 461 g/mol. The van der Waals surface area contributed by atoms with E-state index in [4.69, 9.17) is 0 Å². The maximum atomic E-state index is 11.5. The van der Waals surface area contributed by atoms with Crippen molar-refractivity contribution in [3.05, 3.63) is 74.1 Å². The van der Waals surface area contributed by atoms with Crippen LogP contribution in [0, 0.1) is 10.1 Å². The number of nitro benzene ring substituents is 1. The molecule has 0 amide bonds. The number of halogens is 1. The first-order valence-corrected chi connectivity index (χ1v) is 9.61. The van der Waals surface area contributed by atoms with Crippen molar-refractivity contribution in [2.45, 2.75) is 6.42 Å². The Bertz CT molecular complexity index is 1050. The summed E-state index contributed by atoms with van der Waals surface area (Å²) in [4.78, 5) is 26.4. The number of benzene rings is 2. The zero-order chi connectivity index (χ0) is 20.1. The zero-order valence-corrected chi connectivity index (χ0v) is 16.6. The summed E-state index contributed by atoms with van der Waals surface area (Å²) in [5.41, 5.74) is 4.14. The second-order valence-electron chi connectivity index (χ2n) is 5.58. The maximum absolute atomic E-state index is 11.5. The number of aliphatic carboxylic acids is 1. The van der Waals surface area contributed by atoms with E-state index in [0.29, 0.717) is 5.13 Å². The molecule has 1 heterocycles. The molecule has 0 aliphatic heterocycles. The lowest BCUT2D eigenvalue weighted by Gasteiger charge is -2.04. The van der Waals surface area contributed by atoms with Crippen molar-refractivity contribution < 1.29 is 14.8 Å². The number of para-hydroxylation sites is 1. The number of hydrogen-bond donors (Lipinski definition) is 2. The largest absolute Gasteiger partial charge is 0.477 e. The second kappa shape index (κ2) is 8.72. The van der Waals surface area contributed by atoms with Crippen molar-refractivity contribution in [1.82, 2.24) is 4.98 Å². The van der Waals surface area contributed by atoms with Gasteiger partial charge in [0.15, 0.2) is 0 Å². The van der Waals surface area contributed by atoms with Crippen LogP contribution in [0.2, 0.25) is 0 Å². The third kappa shape index (κ3) is 4.78. The second-order valence-corrected chi connectivity index (χ2v) is 7.36. The predicted octanol–water partition coefficient (Wildman–Crippen LogP) is 4.58. The molecule has 0 aliphatic rings. The van der Waals surface area contributed by atoms with E-state index in [1.54, 1.807) is 6.07 Å². The van der Waals surface area contributed by atoms with Crippen molar-refractivity contribution in [3.63, 3.8) is 0 Å². The fourth-order valence-corrected chi connectivity index (χ4v) is 3.30. The lowest BCUT2D eigenvalue weighted by Crippen LogP contribution is -2.18. The van der Waals surface area contributed by atoms with E-state index in [-0.39, 0.29) is 23.4 Å². The monoisotopic (exact) mass is 460 g/mol. The van der Waals surface area contributed by atoms with Crippen molar-refractivity contribution in [2.75, 3.05) is 5.43 Å². The van der Waals surface area contributed by atoms with Gasteiger partial charge in [-0.15, -0.1) is 11.3 Å². The Labute approximate surface area is 171 Å². The molecule has 0 unspecified atom stereocenters. The van der Waals surface area contributed by atoms with Gasteiger partial charge in [-0.2, -0.15) is 5.10 Å². The third-order valence-corrected chi connectivity index (χ3v) is 5.00. The van der Waals surface area contributed by atoms with E-state index in [2.05, 4.69) is 31.4 Å². The number of carboxylic acid groups (broad SMARTS) is 1. The van der Waals surface area contributed by atoms with Crippen LogP contribution in [0.25, 0.3) is 11.3 Å². The number of carboxylic acids is 1. The number of aromatic nitrogens is 1. The highest BCUT2D eigenvalue weighted by Gasteiger charge is 2.18. The number of anilines is 1. The lowest BCUT2D eigenvalue weighted by atomic mass is 10.1. The van der Waals surface area contributed by atoms with Crippen LogP contribution < -0.4 is 5.43 Å². The highest BCUT2D eigenvalue weighted by atomic mass is 79.9. The van der Waals surface area contributed by atoms with Gasteiger partial charge in [-0.25, -0.2) is 9.78 Å². The molecule has 8 nitrogen and oxygen atoms in total. The average Bonchev–Trinajstić information content (AvgIpc) is 3.14. The zero-order valence-electron chi connectivity index (χ0n) is 14.2. The van der Waals surface area contributed by atoms with Crippen LogP contribution in [0.5, 0.6) is 0 Å². The molecule has 1 aromatic heterocycles. The molecule has 28 heavy (non-hydrogen) atoms. The maximum Gasteiger partial charge on any atom is 0.352 e. The van der Waals surface area contributed by atoms with Crippen molar-refractivity contribution >= 4 is 49.8 Å². The first-order valence-electron chi connectivity index (χ1n) is 7.93. The molecule has 0 fully saturated rings. The quantitative estimate of drug-likeness (QED) is 0.302. The number of rotatable bonds is 7. The van der Waals surface area contributed by atoms with Crippen LogP contribution >= 0.6 is 27.3 Å². The summed E-state index contributed by atoms with van der Waals surface area (Å²) in [6.07, 6.45) is -0.190. The number of nitro groups is 1. The summed E-state index contributed by atoms with van der Waals surface area (Å²) in [7, 11) is 0. The molecular formula is C18H13BrN4O4S. The Morgan fingerprint density at radius 1 is 1.25 bits per heavy atom. The first-order chi connectivity index (χ1) is 13.4. The van der Waals surface area contributed by atoms with Gasteiger partial charge in [0.25, 0.3) is 5.69 Å². The van der Waals surface area contributed by atoms with Gasteiger partial charge in [-0.3, -0.25) is 15.5 Å². The van der Waals surface area contributed by atoms with Gasteiger partial charge in [0, 0.05) is 33.5 Å². The van der Waals surface area contributed by atoms with Crippen LogP contribution in [0.4, 0.5) is 10.8 Å². The Morgan fingerprint density at radius 3 is 2.64 bits per heavy atom. The van der Waals surface area contributed by atoms with Crippen LogP contribution in [-0.4, -0.2) is 26.7 Å². The van der Waals surface area contributed by atoms with Gasteiger partial charge in [-0.1, -0.05) is 46.3 Å². The minimum absolute atomic E-state index is 0.150. The van der Waals surface area contributed by atoms with Crippen LogP contribution in [0.1, 0.15) is 5.56 Å². The molecule has 10 heteroatoms. The Kier molecular flexibility index (Phi) is 6.12. The van der Waals surface area contributed by atoms with E-state index < -0.39 is 10.9 Å². The Balaban J connectivity index is 1.78. The summed E-state index contributed by atoms with van der Waals surface area (Å²) >= 11 is 4.65. The summed E-state index contributed by atoms with van der Waals surface area (Å²) in [6.45, 7) is 0. The summed E-state index contributed by atoms with van der Waals surface area (Å²) in [5.74, 6) is -1.27. The standard InChI is InChI=1S/C18H13BrN4O4S/c19-13-7-5-11(6-8-13)15-10-28-18(20-15)22-21-14(17(24)25)9-12-3-1-2-4-16(12)23(26)27/h1-8,10H,9H2,(H,20,22)(H,24,25)/b21-14+. The lowest BCUT2D eigenvalue weighted by molar-refractivity contribution is -0.385. The van der Waals surface area contributed by atoms with E-state index in [1.807, 2.05) is 29.6 Å². The molecule has 0 atom stereocenters. The van der Waals surface area contributed by atoms with E-state index >= 15 is 0 Å². The number of thiazole rings is 1. The van der Waals surface area contributed by atoms with Gasteiger partial charge >= 0.3 is 5.97 Å². The van der Waals surface area contributed by atoms with Crippen molar-refractivity contribution in [3.8, 4) is 11.3 Å². The minimum Gasteiger partial charge on any atom is -0.477 e. The summed E-state index contributed by atoms with van der Waals surface area (Å²) in [5, 5.41) is 26.6. The van der Waals surface area contributed by atoms with E-state index in [0.717, 1.165) is 15.7 Å². The van der Waals surface area contributed by atoms with Crippen LogP contribution in [0.3, 0.4) is 0 Å². The molecule has 0 spiro atoms. The van der Waals surface area contributed by atoms with E-state index in [9.17, 15) is 20.0 Å². The van der Waals surface area contributed by atoms with E-state index in [1.165, 1.54) is 29.5 Å². The van der Waals surface area contributed by atoms with Gasteiger partial charge in [0.1, 0.15) is 5.71 Å². The highest BCUT2D eigenvalue weighted by molar-refractivity contribution is 9.10. The number of nitrogens with one attached hydrogen (secondary N) is 1. The summed E-state index contributed by atoms with van der Waals surface area (Å²) < 4.78 is 0.954. The van der Waals surface area contributed by atoms with Gasteiger partial charge in [0.05, 0.1) is 10.6 Å². The molecule has 0 aliphatic carbocycles. The smallest absolute Gasteiger partial charge is 0.352 e. The fraction of sp³-hybridized carbons (Fsp3) is 0.0556. The van der Waals surface area contributed by atoms with Crippen LogP contribution in [0.15, 0.2) is 63.5 Å². The molecule has 3 rings (SSSR count). The number of nitrogens with zero attached hydrogens (tertiary/aromatic N) is 3. The third-order valence-electron chi connectivity index (χ3n) is 3.72. The predicted molar refractivity (Wildman–Crippen MR) is 111 cm³/mol. The minimum atomic E-state index is -1.27. The molecule has 0 saturated heterocycles. The van der Waals surface area contributed by atoms with Crippen molar-refractivity contribution in [2.24, 2.45) is 5.10 Å². The molecule has 2 aromatic carbocycles. The van der Waals surface area contributed by atoms with Crippen LogP contribution in [-0.2, 0) is 11.2 Å². The van der Waals surface area contributed by atoms with Gasteiger partial charge in [-0.05, 0) is 12.1 Å². The van der Waals surface area contributed by atoms with Gasteiger partial charge in [0.2, 0.25) is 5.13 Å². The SMILES string of the molecule is O=C(O)/C(Cc1ccccc1[N+](=O)[O-])=N/Nc1nc(-c2ccc(Br)cc2)cs1. The first kappa shape index (κ1) is 19.6. The molecule has 3 aromatic rings. The molecule has 0 bridgehead atoms. The molecule has 2 N–H and O–H groups in total. The molecule has 0 saturated carbocycles. The molecular weight excluding hydrogens is 448 g/mol. The van der Waals surface area contributed by atoms with Gasteiger partial charge < -0.3 is 5.11 Å². The number of carbonyl (C=O) groups is 1. The normalized spacial score (nSPS) is 11.2. The fourth-order valence-electron chi connectivity index (χ4n) is 2.38. The highest BCUT2D eigenvalue weighted by Crippen LogP contribution is 2.26. The summed E-state index contributed by atoms with van der Waals surface area (Å²) in [6, 6.07) is 13.6. The Morgan fingerprint density at radius 2 is 1.96 bits per heavy atom. The number of hydrogen-bond acceptors (Lipinski definition) is 7. The molecule has 0 radical (unpaired) electrons. The number of hydrazone groups is 1.